The van der Waals surface area contributed by atoms with Crippen molar-refractivity contribution in [2.24, 2.45) is 0 Å². The minimum atomic E-state index is -0.385. The van der Waals surface area contributed by atoms with Crippen molar-refractivity contribution in [1.29, 1.82) is 0 Å². The summed E-state index contributed by atoms with van der Waals surface area (Å²) in [6.07, 6.45) is 1.22. The zero-order chi connectivity index (χ0) is 9.68. The minimum absolute atomic E-state index is 0.223. The highest BCUT2D eigenvalue weighted by Gasteiger charge is 2.00. The Bertz CT molecular complexity index is 279. The summed E-state index contributed by atoms with van der Waals surface area (Å²) in [5.74, 6) is -0.385. The number of rotatable bonds is 3. The quantitative estimate of drug-likeness (QED) is 0.542. The number of carbonyl (C=O) groups is 1. The van der Waals surface area contributed by atoms with Crippen LogP contribution in [-0.4, -0.2) is 11.1 Å². The number of benzene rings is 1. The van der Waals surface area contributed by atoms with Crippen molar-refractivity contribution in [3.05, 3.63) is 35.4 Å². The first-order valence-corrected chi connectivity index (χ1v) is 4.27. The lowest BCUT2D eigenvalue weighted by Gasteiger charge is -2.00. The minimum Gasteiger partial charge on any atom is -0.289 e. The number of hydrogen-bond acceptors (Lipinski definition) is 2. The second-order valence-electron chi connectivity index (χ2n) is 2.88. The van der Waals surface area contributed by atoms with Crippen molar-refractivity contribution in [3.8, 4) is 0 Å². The summed E-state index contributed by atoms with van der Waals surface area (Å²) in [6, 6.07) is 7.77. The van der Waals surface area contributed by atoms with Gasteiger partial charge in [0.1, 0.15) is 0 Å². The van der Waals surface area contributed by atoms with Crippen molar-refractivity contribution >= 4 is 5.91 Å². The average Bonchev–Trinajstić information content (AvgIpc) is 2.19. The molecular weight excluding hydrogens is 166 g/mol. The number of carbonyl (C=O) groups excluding carboxylic acids is 1. The molecule has 1 aromatic rings. The molecule has 0 spiro atoms. The van der Waals surface area contributed by atoms with Crippen molar-refractivity contribution in [2.45, 2.75) is 19.8 Å². The molecule has 0 aliphatic rings. The maximum atomic E-state index is 10.8. The number of hydroxylamine groups is 1. The maximum Gasteiger partial charge on any atom is 0.247 e. The highest BCUT2D eigenvalue weighted by atomic mass is 16.5. The van der Waals surface area contributed by atoms with Crippen LogP contribution in [-0.2, 0) is 17.6 Å². The number of amides is 1. The van der Waals surface area contributed by atoms with Gasteiger partial charge in [0.2, 0.25) is 5.91 Å². The van der Waals surface area contributed by atoms with E-state index < -0.39 is 0 Å². The van der Waals surface area contributed by atoms with E-state index in [0.717, 1.165) is 12.0 Å². The highest BCUT2D eigenvalue weighted by Crippen LogP contribution is 2.05. The third-order valence-electron chi connectivity index (χ3n) is 1.92. The van der Waals surface area contributed by atoms with E-state index in [1.54, 1.807) is 5.48 Å². The molecule has 1 aromatic carbocycles. The summed E-state index contributed by atoms with van der Waals surface area (Å²) >= 11 is 0. The van der Waals surface area contributed by atoms with Gasteiger partial charge in [0.05, 0.1) is 6.42 Å². The van der Waals surface area contributed by atoms with Crippen molar-refractivity contribution in [1.82, 2.24) is 5.48 Å². The standard InChI is InChI=1S/C10H13NO2/c1-2-8-3-5-9(6-4-8)7-10(12)11-13/h3-6,13H,2,7H2,1H3,(H,11,12). The summed E-state index contributed by atoms with van der Waals surface area (Å²) in [4.78, 5) is 10.8. The summed E-state index contributed by atoms with van der Waals surface area (Å²) in [7, 11) is 0. The SMILES string of the molecule is CCc1ccc(CC(=O)NO)cc1. The maximum absolute atomic E-state index is 10.8. The molecular formula is C10H13NO2. The molecule has 3 heteroatoms. The topological polar surface area (TPSA) is 49.3 Å². The monoisotopic (exact) mass is 179 g/mol. The van der Waals surface area contributed by atoms with E-state index >= 15 is 0 Å². The first-order chi connectivity index (χ1) is 6.26. The molecule has 0 bridgehead atoms. The van der Waals surface area contributed by atoms with Gasteiger partial charge in [-0.15, -0.1) is 0 Å². The van der Waals surface area contributed by atoms with Gasteiger partial charge in [0.25, 0.3) is 0 Å². The van der Waals surface area contributed by atoms with Crippen LogP contribution >= 0.6 is 0 Å². The summed E-state index contributed by atoms with van der Waals surface area (Å²) in [6.45, 7) is 2.08. The first kappa shape index (κ1) is 9.74. The molecule has 0 heterocycles. The van der Waals surface area contributed by atoms with Gasteiger partial charge in [0.15, 0.2) is 0 Å². The van der Waals surface area contributed by atoms with Gasteiger partial charge >= 0.3 is 0 Å². The molecule has 1 rings (SSSR count). The first-order valence-electron chi connectivity index (χ1n) is 4.27. The van der Waals surface area contributed by atoms with Crippen molar-refractivity contribution < 1.29 is 10.0 Å². The smallest absolute Gasteiger partial charge is 0.247 e. The molecule has 70 valence electrons. The Morgan fingerprint density at radius 1 is 1.31 bits per heavy atom. The molecule has 13 heavy (non-hydrogen) atoms. The molecule has 0 aliphatic carbocycles. The summed E-state index contributed by atoms with van der Waals surface area (Å²) < 4.78 is 0. The van der Waals surface area contributed by atoms with E-state index in [0.29, 0.717) is 0 Å². The fraction of sp³-hybridized carbons (Fsp3) is 0.300. The molecule has 0 fully saturated rings. The fourth-order valence-electron chi connectivity index (χ4n) is 1.12. The lowest BCUT2D eigenvalue weighted by atomic mass is 10.1. The van der Waals surface area contributed by atoms with E-state index in [1.807, 2.05) is 24.3 Å². The molecule has 0 unspecified atom stereocenters. The van der Waals surface area contributed by atoms with Crippen LogP contribution in [0, 0.1) is 0 Å². The van der Waals surface area contributed by atoms with Gasteiger partial charge in [0, 0.05) is 0 Å². The van der Waals surface area contributed by atoms with Crippen molar-refractivity contribution in [2.75, 3.05) is 0 Å². The lowest BCUT2D eigenvalue weighted by Crippen LogP contribution is -2.20. The van der Waals surface area contributed by atoms with Crippen molar-refractivity contribution in [3.63, 3.8) is 0 Å². The third-order valence-corrected chi connectivity index (χ3v) is 1.92. The lowest BCUT2D eigenvalue weighted by molar-refractivity contribution is -0.128. The Hall–Kier alpha value is -1.35. The number of hydrogen-bond donors (Lipinski definition) is 2. The van der Waals surface area contributed by atoms with Gasteiger partial charge in [-0.2, -0.15) is 0 Å². The van der Waals surface area contributed by atoms with E-state index in [9.17, 15) is 4.79 Å². The summed E-state index contributed by atoms with van der Waals surface area (Å²) in [5, 5.41) is 8.30. The largest absolute Gasteiger partial charge is 0.289 e. The zero-order valence-corrected chi connectivity index (χ0v) is 7.58. The van der Waals surface area contributed by atoms with Gasteiger partial charge in [-0.25, -0.2) is 5.48 Å². The van der Waals surface area contributed by atoms with Crippen LogP contribution < -0.4 is 5.48 Å². The Morgan fingerprint density at radius 3 is 2.31 bits per heavy atom. The van der Waals surface area contributed by atoms with E-state index in [-0.39, 0.29) is 12.3 Å². The Kier molecular flexibility index (Phi) is 3.46. The van der Waals surface area contributed by atoms with Gasteiger partial charge in [-0.3, -0.25) is 10.0 Å². The van der Waals surface area contributed by atoms with E-state index in [2.05, 4.69) is 6.92 Å². The molecule has 0 radical (unpaired) electrons. The average molecular weight is 179 g/mol. The van der Waals surface area contributed by atoms with Gasteiger partial charge in [-0.1, -0.05) is 31.2 Å². The highest BCUT2D eigenvalue weighted by molar-refractivity contribution is 5.77. The number of nitrogens with one attached hydrogen (secondary N) is 1. The van der Waals surface area contributed by atoms with Crippen LogP contribution in [0.5, 0.6) is 0 Å². The van der Waals surface area contributed by atoms with E-state index in [1.165, 1.54) is 5.56 Å². The number of aryl methyl sites for hydroxylation is 1. The molecule has 1 amide bonds. The van der Waals surface area contributed by atoms with Crippen LogP contribution in [0.4, 0.5) is 0 Å². The molecule has 0 atom stereocenters. The molecule has 0 saturated carbocycles. The molecule has 0 saturated heterocycles. The third kappa shape index (κ3) is 2.87. The normalized spacial score (nSPS) is 9.69. The summed E-state index contributed by atoms with van der Waals surface area (Å²) in [5.41, 5.74) is 3.75. The molecule has 2 N–H and O–H groups in total. The van der Waals surface area contributed by atoms with Crippen LogP contribution in [0.25, 0.3) is 0 Å². The van der Waals surface area contributed by atoms with Gasteiger partial charge in [-0.05, 0) is 17.5 Å². The van der Waals surface area contributed by atoms with Crippen LogP contribution in [0.2, 0.25) is 0 Å². The fourth-order valence-corrected chi connectivity index (χ4v) is 1.12. The van der Waals surface area contributed by atoms with Crippen LogP contribution in [0.15, 0.2) is 24.3 Å². The van der Waals surface area contributed by atoms with Crippen LogP contribution in [0.1, 0.15) is 18.1 Å². The Labute approximate surface area is 77.4 Å². The predicted molar refractivity (Wildman–Crippen MR) is 49.5 cm³/mol. The van der Waals surface area contributed by atoms with Crippen LogP contribution in [0.3, 0.4) is 0 Å². The molecule has 3 nitrogen and oxygen atoms in total. The second-order valence-corrected chi connectivity index (χ2v) is 2.88. The second kappa shape index (κ2) is 4.62. The zero-order valence-electron chi connectivity index (χ0n) is 7.58. The predicted octanol–water partition coefficient (Wildman–Crippen LogP) is 1.30. The van der Waals surface area contributed by atoms with Gasteiger partial charge < -0.3 is 0 Å². The molecule has 0 aliphatic heterocycles. The van der Waals surface area contributed by atoms with E-state index in [4.69, 9.17) is 5.21 Å². The molecule has 0 aromatic heterocycles. The Morgan fingerprint density at radius 2 is 1.85 bits per heavy atom. The Balaban J connectivity index is 2.64.